The fraction of sp³-hybridized carbons (Fsp3) is 0.143. The number of rotatable bonds is 3. The van der Waals surface area contributed by atoms with Crippen molar-refractivity contribution in [2.75, 3.05) is 0 Å². The van der Waals surface area contributed by atoms with Crippen LogP contribution < -0.4 is 4.74 Å². The maximum Gasteiger partial charge on any atom is 0.387 e. The van der Waals surface area contributed by atoms with E-state index in [1.807, 2.05) is 0 Å². The van der Waals surface area contributed by atoms with Crippen molar-refractivity contribution in [2.45, 2.75) is 6.61 Å². The molecule has 0 bridgehead atoms. The highest BCUT2D eigenvalue weighted by atomic mass is 35.5. The van der Waals surface area contributed by atoms with Crippen LogP contribution in [0.25, 0.3) is 0 Å². The summed E-state index contributed by atoms with van der Waals surface area (Å²) in [4.78, 5) is 13.6. The summed E-state index contributed by atoms with van der Waals surface area (Å²) in [6.07, 6.45) is 0. The molecule has 0 amide bonds. The Bertz CT molecular complexity index is 359. The van der Waals surface area contributed by atoms with Gasteiger partial charge in [0.1, 0.15) is 11.4 Å². The van der Waals surface area contributed by atoms with Crippen LogP contribution in [0, 0.1) is 5.95 Å². The number of hydrogen-bond donors (Lipinski definition) is 0. The second kappa shape index (κ2) is 4.28. The van der Waals surface area contributed by atoms with Crippen LogP contribution in [0.2, 0.25) is 0 Å². The van der Waals surface area contributed by atoms with Gasteiger partial charge < -0.3 is 4.74 Å². The van der Waals surface area contributed by atoms with E-state index in [4.69, 9.17) is 11.6 Å². The van der Waals surface area contributed by atoms with Crippen molar-refractivity contribution in [1.29, 1.82) is 0 Å². The molecule has 0 atom stereocenters. The molecule has 1 aromatic heterocycles. The number of alkyl halides is 2. The lowest BCUT2D eigenvalue weighted by Gasteiger charge is -2.04. The van der Waals surface area contributed by atoms with Crippen molar-refractivity contribution in [3.8, 4) is 5.75 Å². The lowest BCUT2D eigenvalue weighted by molar-refractivity contribution is -0.0501. The van der Waals surface area contributed by atoms with Gasteiger partial charge in [-0.2, -0.15) is 13.2 Å². The Morgan fingerprint density at radius 2 is 2.14 bits per heavy atom. The highest BCUT2D eigenvalue weighted by molar-refractivity contribution is 6.67. The van der Waals surface area contributed by atoms with Gasteiger partial charge in [0.25, 0.3) is 5.24 Å². The van der Waals surface area contributed by atoms with Gasteiger partial charge in [-0.15, -0.1) is 0 Å². The molecule has 0 saturated carbocycles. The van der Waals surface area contributed by atoms with Crippen molar-refractivity contribution in [3.05, 3.63) is 23.8 Å². The summed E-state index contributed by atoms with van der Waals surface area (Å²) in [6, 6.07) is 1.44. The van der Waals surface area contributed by atoms with E-state index in [2.05, 4.69) is 9.72 Å². The first kappa shape index (κ1) is 10.8. The van der Waals surface area contributed by atoms with Crippen molar-refractivity contribution in [3.63, 3.8) is 0 Å². The Morgan fingerprint density at radius 3 is 2.64 bits per heavy atom. The number of aromatic nitrogens is 1. The quantitative estimate of drug-likeness (QED) is 0.585. The predicted molar refractivity (Wildman–Crippen MR) is 41.0 cm³/mol. The maximum absolute atomic E-state index is 12.6. The molecule has 0 unspecified atom stereocenters. The number of carbonyl (C=O) groups is 1. The van der Waals surface area contributed by atoms with Gasteiger partial charge in [-0.1, -0.05) is 0 Å². The number of pyridine rings is 1. The third-order valence-electron chi connectivity index (χ3n) is 1.19. The Kier molecular flexibility index (Phi) is 3.29. The molecule has 3 nitrogen and oxygen atoms in total. The zero-order chi connectivity index (χ0) is 10.7. The topological polar surface area (TPSA) is 39.2 Å². The van der Waals surface area contributed by atoms with Gasteiger partial charge >= 0.3 is 6.61 Å². The zero-order valence-corrected chi connectivity index (χ0v) is 7.26. The highest BCUT2D eigenvalue weighted by Gasteiger charge is 2.11. The van der Waals surface area contributed by atoms with Crippen molar-refractivity contribution in [1.82, 2.24) is 4.98 Å². The lowest BCUT2D eigenvalue weighted by Crippen LogP contribution is -2.05. The molecule has 7 heteroatoms. The molecule has 0 saturated heterocycles. The van der Waals surface area contributed by atoms with Gasteiger partial charge in [-0.25, -0.2) is 4.98 Å². The van der Waals surface area contributed by atoms with Gasteiger partial charge in [0.05, 0.1) is 0 Å². The summed E-state index contributed by atoms with van der Waals surface area (Å²) in [5.41, 5.74) is -0.484. The van der Waals surface area contributed by atoms with E-state index in [0.717, 1.165) is 6.07 Å². The maximum atomic E-state index is 12.6. The highest BCUT2D eigenvalue weighted by Crippen LogP contribution is 2.17. The lowest BCUT2D eigenvalue weighted by atomic mass is 10.3. The molecule has 1 heterocycles. The molecule has 14 heavy (non-hydrogen) atoms. The van der Waals surface area contributed by atoms with Gasteiger partial charge in [0.15, 0.2) is 0 Å². The Hall–Kier alpha value is -1.30. The molecule has 0 N–H and O–H groups in total. The minimum Gasteiger partial charge on any atom is -0.435 e. The minimum atomic E-state index is -3.10. The summed E-state index contributed by atoms with van der Waals surface area (Å²) < 4.78 is 39.9. The minimum absolute atomic E-state index is 0.484. The van der Waals surface area contributed by atoms with E-state index < -0.39 is 29.2 Å². The first-order valence-electron chi connectivity index (χ1n) is 3.31. The smallest absolute Gasteiger partial charge is 0.387 e. The second-order valence-electron chi connectivity index (χ2n) is 2.16. The molecule has 1 rings (SSSR count). The average molecular weight is 226 g/mol. The molecule has 0 aromatic carbocycles. The normalized spacial score (nSPS) is 10.4. The fourth-order valence-electron chi connectivity index (χ4n) is 0.745. The monoisotopic (exact) mass is 225 g/mol. The van der Waals surface area contributed by atoms with Crippen molar-refractivity contribution < 1.29 is 22.7 Å². The number of halogens is 4. The van der Waals surface area contributed by atoms with Gasteiger partial charge in [0, 0.05) is 12.1 Å². The molecule has 0 aliphatic rings. The Balaban J connectivity index is 3.01. The summed E-state index contributed by atoms with van der Waals surface area (Å²) in [5, 5.41) is -1.05. The van der Waals surface area contributed by atoms with E-state index in [1.165, 1.54) is 0 Å². The van der Waals surface area contributed by atoms with Crippen LogP contribution in [0.4, 0.5) is 13.2 Å². The summed E-state index contributed by atoms with van der Waals surface area (Å²) in [5.74, 6) is -1.62. The van der Waals surface area contributed by atoms with Crippen LogP contribution in [0.15, 0.2) is 12.1 Å². The molecular weight excluding hydrogens is 223 g/mol. The predicted octanol–water partition coefficient (Wildman–Crippen LogP) is 2.20. The summed E-state index contributed by atoms with van der Waals surface area (Å²) in [6.45, 7) is -3.10. The van der Waals surface area contributed by atoms with E-state index in [9.17, 15) is 18.0 Å². The first-order valence-corrected chi connectivity index (χ1v) is 3.69. The summed E-state index contributed by atoms with van der Waals surface area (Å²) in [7, 11) is 0. The molecule has 0 fully saturated rings. The van der Waals surface area contributed by atoms with E-state index >= 15 is 0 Å². The van der Waals surface area contributed by atoms with E-state index in [-0.39, 0.29) is 0 Å². The number of carbonyl (C=O) groups excluding carboxylic acids is 1. The van der Waals surface area contributed by atoms with Crippen molar-refractivity contribution in [2.24, 2.45) is 0 Å². The van der Waals surface area contributed by atoms with Gasteiger partial charge in [-0.05, 0) is 11.6 Å². The molecule has 0 spiro atoms. The van der Waals surface area contributed by atoms with Crippen LogP contribution in [0.5, 0.6) is 5.75 Å². The standard InChI is InChI=1S/C7H3ClF3NO2/c8-6(13)4-1-3(14-7(10)11)2-5(9)12-4/h1-2,7H. The van der Waals surface area contributed by atoms with E-state index in [0.29, 0.717) is 6.07 Å². The molecule has 0 aliphatic heterocycles. The fourth-order valence-corrected chi connectivity index (χ4v) is 0.842. The third-order valence-corrected chi connectivity index (χ3v) is 1.39. The van der Waals surface area contributed by atoms with Crippen LogP contribution >= 0.6 is 11.6 Å². The van der Waals surface area contributed by atoms with E-state index in [1.54, 1.807) is 0 Å². The van der Waals surface area contributed by atoms with Crippen molar-refractivity contribution >= 4 is 16.8 Å². The van der Waals surface area contributed by atoms with Crippen LogP contribution in [0.3, 0.4) is 0 Å². The first-order chi connectivity index (χ1) is 6.49. The van der Waals surface area contributed by atoms with Gasteiger partial charge in [0.2, 0.25) is 5.95 Å². The largest absolute Gasteiger partial charge is 0.435 e. The van der Waals surface area contributed by atoms with Crippen LogP contribution in [-0.2, 0) is 0 Å². The Labute approximate surface area is 81.5 Å². The SMILES string of the molecule is O=C(Cl)c1cc(OC(F)F)cc(F)n1. The zero-order valence-electron chi connectivity index (χ0n) is 6.51. The number of ether oxygens (including phenoxy) is 1. The average Bonchev–Trinajstić information content (AvgIpc) is 2.01. The molecule has 1 aromatic rings. The molecule has 0 radical (unpaired) electrons. The Morgan fingerprint density at radius 1 is 1.50 bits per heavy atom. The van der Waals surface area contributed by atoms with Crippen LogP contribution in [0.1, 0.15) is 10.5 Å². The molecule has 76 valence electrons. The number of hydrogen-bond acceptors (Lipinski definition) is 3. The molecular formula is C7H3ClF3NO2. The summed E-state index contributed by atoms with van der Waals surface area (Å²) >= 11 is 4.97. The van der Waals surface area contributed by atoms with Gasteiger partial charge in [-0.3, -0.25) is 4.79 Å². The van der Waals surface area contributed by atoms with Crippen LogP contribution in [-0.4, -0.2) is 16.8 Å². The molecule has 0 aliphatic carbocycles. The number of nitrogens with zero attached hydrogens (tertiary/aromatic N) is 1. The second-order valence-corrected chi connectivity index (χ2v) is 2.51. The third kappa shape index (κ3) is 2.88.